The molecule has 1 amide bonds. The molecular weight excluding hydrogens is 374 g/mol. The van der Waals surface area contributed by atoms with Gasteiger partial charge in [0.2, 0.25) is 5.91 Å². The first kappa shape index (κ1) is 20.1. The van der Waals surface area contributed by atoms with E-state index >= 15 is 0 Å². The summed E-state index contributed by atoms with van der Waals surface area (Å²) >= 11 is 0. The van der Waals surface area contributed by atoms with Crippen LogP contribution in [0.4, 0.5) is 0 Å². The van der Waals surface area contributed by atoms with Crippen LogP contribution in [-0.4, -0.2) is 43.9 Å². The van der Waals surface area contributed by atoms with Crippen molar-refractivity contribution in [2.45, 2.75) is 25.9 Å². The fraction of sp³-hybridized carbons (Fsp3) is 0.318. The van der Waals surface area contributed by atoms with Gasteiger partial charge in [0.15, 0.2) is 9.84 Å². The number of nitrogens with zero attached hydrogens (tertiary/aromatic N) is 1. The number of carbonyl (C=O) groups excluding carboxylic acids is 1. The Hall–Kier alpha value is -2.60. The van der Waals surface area contributed by atoms with Crippen LogP contribution in [0.1, 0.15) is 23.1 Å². The van der Waals surface area contributed by atoms with Gasteiger partial charge in [0.1, 0.15) is 5.75 Å². The fourth-order valence-electron chi connectivity index (χ4n) is 3.28. The van der Waals surface area contributed by atoms with Crippen molar-refractivity contribution in [1.29, 1.82) is 0 Å². The SMILES string of the molecule is COc1ccc(CN(C(=O)/C=C/c2ccc(C)cc2)C2CCS(=O)(=O)C2)cc1. The number of rotatable bonds is 6. The van der Waals surface area contributed by atoms with E-state index in [1.54, 1.807) is 18.1 Å². The zero-order valence-electron chi connectivity index (χ0n) is 16.2. The van der Waals surface area contributed by atoms with Crippen molar-refractivity contribution in [3.05, 3.63) is 71.3 Å². The Morgan fingerprint density at radius 1 is 1.14 bits per heavy atom. The number of amides is 1. The van der Waals surface area contributed by atoms with Crippen LogP contribution in [0, 0.1) is 6.92 Å². The second kappa shape index (κ2) is 8.61. The lowest BCUT2D eigenvalue weighted by Crippen LogP contribution is -2.39. The van der Waals surface area contributed by atoms with Crippen molar-refractivity contribution < 1.29 is 17.9 Å². The van der Waals surface area contributed by atoms with E-state index in [0.29, 0.717) is 13.0 Å². The smallest absolute Gasteiger partial charge is 0.247 e. The number of methoxy groups -OCH3 is 1. The number of benzene rings is 2. The van der Waals surface area contributed by atoms with Crippen LogP contribution < -0.4 is 4.74 Å². The highest BCUT2D eigenvalue weighted by Gasteiger charge is 2.34. The Bertz CT molecular complexity index is 947. The molecule has 1 fully saturated rings. The summed E-state index contributed by atoms with van der Waals surface area (Å²) < 4.78 is 29.1. The average molecular weight is 400 g/mol. The van der Waals surface area contributed by atoms with E-state index in [1.165, 1.54) is 6.08 Å². The zero-order chi connectivity index (χ0) is 20.1. The van der Waals surface area contributed by atoms with E-state index in [-0.39, 0.29) is 23.5 Å². The van der Waals surface area contributed by atoms with Crippen molar-refractivity contribution in [3.8, 4) is 5.75 Å². The van der Waals surface area contributed by atoms with Gasteiger partial charge < -0.3 is 9.64 Å². The zero-order valence-corrected chi connectivity index (χ0v) is 17.0. The third kappa shape index (κ3) is 5.23. The van der Waals surface area contributed by atoms with E-state index < -0.39 is 9.84 Å². The number of hydrogen-bond acceptors (Lipinski definition) is 4. The van der Waals surface area contributed by atoms with Crippen LogP contribution in [0.15, 0.2) is 54.6 Å². The lowest BCUT2D eigenvalue weighted by Gasteiger charge is -2.27. The van der Waals surface area contributed by atoms with Crippen LogP contribution in [0.2, 0.25) is 0 Å². The predicted octanol–water partition coefficient (Wildman–Crippen LogP) is 3.23. The standard InChI is InChI=1S/C22H25NO4S/c1-17-3-5-18(6-4-17)9-12-22(24)23(20-13-14-28(25,26)16-20)15-19-7-10-21(27-2)11-8-19/h3-12,20H,13-16H2,1-2H3/b12-9+. The van der Waals surface area contributed by atoms with E-state index in [4.69, 9.17) is 4.74 Å². The molecule has 28 heavy (non-hydrogen) atoms. The molecule has 1 atom stereocenters. The highest BCUT2D eigenvalue weighted by molar-refractivity contribution is 7.91. The summed E-state index contributed by atoms with van der Waals surface area (Å²) in [5.74, 6) is 0.710. The van der Waals surface area contributed by atoms with Gasteiger partial charge in [-0.3, -0.25) is 4.79 Å². The molecule has 6 heteroatoms. The number of sulfone groups is 1. The molecule has 1 aliphatic heterocycles. The molecule has 5 nitrogen and oxygen atoms in total. The molecule has 1 saturated heterocycles. The van der Waals surface area contributed by atoms with Crippen LogP contribution in [0.25, 0.3) is 6.08 Å². The maximum absolute atomic E-state index is 12.9. The molecule has 0 aliphatic carbocycles. The Labute approximate surface area is 166 Å². The molecule has 0 bridgehead atoms. The van der Waals surface area contributed by atoms with Crippen molar-refractivity contribution in [2.24, 2.45) is 0 Å². The Balaban J connectivity index is 1.80. The molecule has 1 unspecified atom stereocenters. The van der Waals surface area contributed by atoms with Crippen molar-refractivity contribution in [2.75, 3.05) is 18.6 Å². The van der Waals surface area contributed by atoms with E-state index in [9.17, 15) is 13.2 Å². The second-order valence-electron chi connectivity index (χ2n) is 7.12. The summed E-state index contributed by atoms with van der Waals surface area (Å²) in [4.78, 5) is 14.6. The van der Waals surface area contributed by atoms with Gasteiger partial charge in [0, 0.05) is 18.7 Å². The van der Waals surface area contributed by atoms with Gasteiger partial charge in [-0.25, -0.2) is 8.42 Å². The molecule has 3 rings (SSSR count). The molecule has 0 radical (unpaired) electrons. The third-order valence-electron chi connectivity index (χ3n) is 4.94. The normalized spacial score (nSPS) is 18.3. The van der Waals surface area contributed by atoms with E-state index in [2.05, 4.69) is 0 Å². The summed E-state index contributed by atoms with van der Waals surface area (Å²) in [7, 11) is -1.49. The van der Waals surface area contributed by atoms with Crippen molar-refractivity contribution >= 4 is 21.8 Å². The molecule has 2 aromatic carbocycles. The van der Waals surface area contributed by atoms with Gasteiger partial charge >= 0.3 is 0 Å². The summed E-state index contributed by atoms with van der Waals surface area (Å²) in [6, 6.07) is 15.0. The monoisotopic (exact) mass is 399 g/mol. The minimum absolute atomic E-state index is 0.0211. The Morgan fingerprint density at radius 2 is 1.82 bits per heavy atom. The summed E-state index contributed by atoms with van der Waals surface area (Å²) in [6.07, 6.45) is 3.77. The minimum atomic E-state index is -3.09. The van der Waals surface area contributed by atoms with Crippen LogP contribution in [0.3, 0.4) is 0 Å². The maximum atomic E-state index is 12.9. The topological polar surface area (TPSA) is 63.7 Å². The largest absolute Gasteiger partial charge is 0.497 e. The van der Waals surface area contributed by atoms with Gasteiger partial charge in [-0.05, 0) is 42.7 Å². The van der Waals surface area contributed by atoms with Gasteiger partial charge in [-0.15, -0.1) is 0 Å². The molecule has 1 aliphatic rings. The fourth-order valence-corrected chi connectivity index (χ4v) is 5.01. The minimum Gasteiger partial charge on any atom is -0.497 e. The first-order valence-corrected chi connectivity index (χ1v) is 11.1. The third-order valence-corrected chi connectivity index (χ3v) is 6.69. The lowest BCUT2D eigenvalue weighted by molar-refractivity contribution is -0.128. The van der Waals surface area contributed by atoms with E-state index in [1.807, 2.05) is 55.5 Å². The summed E-state index contributed by atoms with van der Waals surface area (Å²) in [5.41, 5.74) is 3.02. The lowest BCUT2D eigenvalue weighted by atomic mass is 10.1. The van der Waals surface area contributed by atoms with Gasteiger partial charge in [0.25, 0.3) is 0 Å². The molecule has 1 heterocycles. The second-order valence-corrected chi connectivity index (χ2v) is 9.34. The number of hydrogen-bond donors (Lipinski definition) is 0. The molecule has 0 aromatic heterocycles. The number of carbonyl (C=O) groups is 1. The number of ether oxygens (including phenoxy) is 1. The highest BCUT2D eigenvalue weighted by Crippen LogP contribution is 2.22. The Kier molecular flexibility index (Phi) is 6.19. The first-order chi connectivity index (χ1) is 13.4. The van der Waals surface area contributed by atoms with Crippen molar-refractivity contribution in [3.63, 3.8) is 0 Å². The molecule has 0 saturated carbocycles. The number of aryl methyl sites for hydroxylation is 1. The van der Waals surface area contributed by atoms with Crippen LogP contribution in [0.5, 0.6) is 5.75 Å². The Morgan fingerprint density at radius 3 is 2.39 bits per heavy atom. The first-order valence-electron chi connectivity index (χ1n) is 9.25. The maximum Gasteiger partial charge on any atom is 0.247 e. The van der Waals surface area contributed by atoms with Gasteiger partial charge in [-0.1, -0.05) is 42.0 Å². The molecule has 0 spiro atoms. The van der Waals surface area contributed by atoms with Gasteiger partial charge in [0.05, 0.1) is 18.6 Å². The molecule has 2 aromatic rings. The predicted molar refractivity (Wildman–Crippen MR) is 111 cm³/mol. The molecular formula is C22H25NO4S. The molecule has 148 valence electrons. The average Bonchev–Trinajstić information content (AvgIpc) is 3.05. The van der Waals surface area contributed by atoms with Crippen LogP contribution in [-0.2, 0) is 21.2 Å². The quantitative estimate of drug-likeness (QED) is 0.700. The van der Waals surface area contributed by atoms with Gasteiger partial charge in [-0.2, -0.15) is 0 Å². The molecule has 0 N–H and O–H groups in total. The van der Waals surface area contributed by atoms with Crippen molar-refractivity contribution in [1.82, 2.24) is 4.90 Å². The van der Waals surface area contributed by atoms with E-state index in [0.717, 1.165) is 22.4 Å². The summed E-state index contributed by atoms with van der Waals surface area (Å²) in [6.45, 7) is 2.37. The highest BCUT2D eigenvalue weighted by atomic mass is 32.2. The summed E-state index contributed by atoms with van der Waals surface area (Å²) in [5, 5.41) is 0. The van der Waals surface area contributed by atoms with Crippen LogP contribution >= 0.6 is 0 Å².